The second-order valence-corrected chi connectivity index (χ2v) is 6.32. The molecule has 6 heteroatoms. The van der Waals surface area contributed by atoms with Crippen LogP contribution in [0.25, 0.3) is 16.6 Å². The first kappa shape index (κ1) is 14.4. The van der Waals surface area contributed by atoms with Gasteiger partial charge in [-0.25, -0.2) is 9.97 Å². The molecule has 3 aromatic rings. The Kier molecular flexibility index (Phi) is 3.61. The molecule has 0 spiro atoms. The average Bonchev–Trinajstić information content (AvgIpc) is 2.97. The SMILES string of the molecule is Cc1nc2c3ccccc3nc(N[C@@H]3CCCC[C@@H]3CO)n2n1. The summed E-state index contributed by atoms with van der Waals surface area (Å²) in [5.74, 6) is 1.72. The molecule has 2 aromatic heterocycles. The highest BCUT2D eigenvalue weighted by atomic mass is 16.3. The number of rotatable bonds is 3. The van der Waals surface area contributed by atoms with Gasteiger partial charge in [0.15, 0.2) is 5.65 Å². The molecule has 1 fully saturated rings. The maximum Gasteiger partial charge on any atom is 0.226 e. The van der Waals surface area contributed by atoms with E-state index in [1.165, 1.54) is 12.8 Å². The normalized spacial score (nSPS) is 21.8. The number of nitrogens with one attached hydrogen (secondary N) is 1. The van der Waals surface area contributed by atoms with Gasteiger partial charge in [0.1, 0.15) is 5.82 Å². The first-order chi connectivity index (χ1) is 11.3. The summed E-state index contributed by atoms with van der Waals surface area (Å²) in [6.45, 7) is 2.10. The van der Waals surface area contributed by atoms with Crippen molar-refractivity contribution in [3.05, 3.63) is 30.1 Å². The summed E-state index contributed by atoms with van der Waals surface area (Å²) in [7, 11) is 0. The lowest BCUT2D eigenvalue weighted by molar-refractivity contribution is 0.177. The van der Waals surface area contributed by atoms with E-state index in [0.29, 0.717) is 5.95 Å². The van der Waals surface area contributed by atoms with Crippen LogP contribution in [0.15, 0.2) is 24.3 Å². The van der Waals surface area contributed by atoms with Gasteiger partial charge < -0.3 is 10.4 Å². The summed E-state index contributed by atoms with van der Waals surface area (Å²) >= 11 is 0. The van der Waals surface area contributed by atoms with Crippen LogP contribution < -0.4 is 5.32 Å². The van der Waals surface area contributed by atoms with Crippen molar-refractivity contribution in [1.29, 1.82) is 0 Å². The quantitative estimate of drug-likeness (QED) is 0.777. The molecule has 4 rings (SSSR count). The second-order valence-electron chi connectivity index (χ2n) is 6.32. The standard InChI is InChI=1S/C17H21N5O/c1-11-18-16-13-7-3-5-9-15(13)20-17(22(16)21-11)19-14-8-4-2-6-12(14)10-23/h3,5,7,9,12,14,23H,2,4,6,8,10H2,1H3,(H,19,20)/t12-,14-/m1/s1. The molecule has 2 heterocycles. The van der Waals surface area contributed by atoms with Crippen molar-refractivity contribution < 1.29 is 5.11 Å². The Morgan fingerprint density at radius 3 is 2.91 bits per heavy atom. The van der Waals surface area contributed by atoms with Crippen LogP contribution in [0.5, 0.6) is 0 Å². The fraction of sp³-hybridized carbons (Fsp3) is 0.471. The van der Waals surface area contributed by atoms with Crippen LogP contribution in [0.4, 0.5) is 5.95 Å². The zero-order valence-corrected chi connectivity index (χ0v) is 13.2. The van der Waals surface area contributed by atoms with Crippen LogP contribution in [0, 0.1) is 12.8 Å². The van der Waals surface area contributed by atoms with Crippen LogP contribution in [-0.2, 0) is 0 Å². The molecule has 0 bridgehead atoms. The number of benzene rings is 1. The Morgan fingerprint density at radius 2 is 2.04 bits per heavy atom. The lowest BCUT2D eigenvalue weighted by atomic mass is 9.85. The van der Waals surface area contributed by atoms with Crippen molar-refractivity contribution in [2.24, 2.45) is 5.92 Å². The molecule has 1 aliphatic carbocycles. The van der Waals surface area contributed by atoms with Gasteiger partial charge in [-0.1, -0.05) is 25.0 Å². The van der Waals surface area contributed by atoms with Gasteiger partial charge in [0.05, 0.1) is 5.52 Å². The lowest BCUT2D eigenvalue weighted by Crippen LogP contribution is -2.35. The molecule has 0 unspecified atom stereocenters. The summed E-state index contributed by atoms with van der Waals surface area (Å²) in [4.78, 5) is 9.30. The molecule has 1 aromatic carbocycles. The number of aryl methyl sites for hydroxylation is 1. The molecule has 0 radical (unpaired) electrons. The van der Waals surface area contributed by atoms with E-state index in [2.05, 4.69) is 15.4 Å². The van der Waals surface area contributed by atoms with E-state index in [9.17, 15) is 5.11 Å². The molecule has 2 N–H and O–H groups in total. The molecular weight excluding hydrogens is 290 g/mol. The van der Waals surface area contributed by atoms with Gasteiger partial charge in [-0.05, 0) is 31.9 Å². The number of aliphatic hydroxyl groups is 1. The zero-order valence-electron chi connectivity index (χ0n) is 13.2. The third-order valence-corrected chi connectivity index (χ3v) is 4.74. The molecule has 2 atom stereocenters. The fourth-order valence-electron chi connectivity index (χ4n) is 3.53. The van der Waals surface area contributed by atoms with Crippen molar-refractivity contribution in [1.82, 2.24) is 19.6 Å². The van der Waals surface area contributed by atoms with Crippen LogP contribution >= 0.6 is 0 Å². The highest BCUT2D eigenvalue weighted by Crippen LogP contribution is 2.28. The van der Waals surface area contributed by atoms with E-state index >= 15 is 0 Å². The van der Waals surface area contributed by atoms with Crippen LogP contribution in [0.2, 0.25) is 0 Å². The zero-order chi connectivity index (χ0) is 15.8. The van der Waals surface area contributed by atoms with Gasteiger partial charge in [0.2, 0.25) is 5.95 Å². The number of para-hydroxylation sites is 1. The minimum Gasteiger partial charge on any atom is -0.396 e. The topological polar surface area (TPSA) is 75.3 Å². The monoisotopic (exact) mass is 311 g/mol. The van der Waals surface area contributed by atoms with Gasteiger partial charge >= 0.3 is 0 Å². The predicted octanol–water partition coefficient (Wildman–Crippen LogP) is 2.55. The Bertz CT molecular complexity index is 843. The molecule has 1 saturated carbocycles. The third-order valence-electron chi connectivity index (χ3n) is 4.74. The Hall–Kier alpha value is -2.21. The van der Waals surface area contributed by atoms with E-state index in [-0.39, 0.29) is 18.6 Å². The highest BCUT2D eigenvalue weighted by Gasteiger charge is 2.26. The molecule has 0 saturated heterocycles. The van der Waals surface area contributed by atoms with Crippen LogP contribution in [0.3, 0.4) is 0 Å². The Balaban J connectivity index is 1.81. The van der Waals surface area contributed by atoms with Crippen molar-refractivity contribution >= 4 is 22.5 Å². The van der Waals surface area contributed by atoms with E-state index in [1.54, 1.807) is 4.52 Å². The predicted molar refractivity (Wildman–Crippen MR) is 89.5 cm³/mol. The fourth-order valence-corrected chi connectivity index (χ4v) is 3.53. The molecule has 6 nitrogen and oxygen atoms in total. The minimum atomic E-state index is 0.213. The average molecular weight is 311 g/mol. The second kappa shape index (κ2) is 5.77. The number of aliphatic hydroxyl groups excluding tert-OH is 1. The third kappa shape index (κ3) is 2.53. The molecule has 0 aliphatic heterocycles. The first-order valence-electron chi connectivity index (χ1n) is 8.26. The summed E-state index contributed by atoms with van der Waals surface area (Å²) in [5.41, 5.74) is 1.73. The Morgan fingerprint density at radius 1 is 1.22 bits per heavy atom. The van der Waals surface area contributed by atoms with Gasteiger partial charge in [0, 0.05) is 24.0 Å². The molecular formula is C17H21N5O. The maximum absolute atomic E-state index is 9.63. The number of nitrogens with zero attached hydrogens (tertiary/aromatic N) is 4. The van der Waals surface area contributed by atoms with Gasteiger partial charge in [-0.2, -0.15) is 4.52 Å². The largest absolute Gasteiger partial charge is 0.396 e. The molecule has 120 valence electrons. The van der Waals surface area contributed by atoms with Crippen molar-refractivity contribution in [3.8, 4) is 0 Å². The van der Waals surface area contributed by atoms with Gasteiger partial charge in [-0.3, -0.25) is 0 Å². The summed E-state index contributed by atoms with van der Waals surface area (Å²) in [6.07, 6.45) is 4.48. The number of hydrogen-bond acceptors (Lipinski definition) is 5. The summed E-state index contributed by atoms with van der Waals surface area (Å²) < 4.78 is 1.79. The van der Waals surface area contributed by atoms with Crippen molar-refractivity contribution in [2.45, 2.75) is 38.6 Å². The summed E-state index contributed by atoms with van der Waals surface area (Å²) in [5, 5.41) is 18.7. The summed E-state index contributed by atoms with van der Waals surface area (Å²) in [6, 6.07) is 8.22. The number of fused-ring (bicyclic) bond motifs is 3. The Labute approximate surface area is 134 Å². The number of anilines is 1. The van der Waals surface area contributed by atoms with E-state index in [4.69, 9.17) is 4.98 Å². The van der Waals surface area contributed by atoms with Gasteiger partial charge in [-0.15, -0.1) is 5.10 Å². The van der Waals surface area contributed by atoms with Crippen LogP contribution in [-0.4, -0.2) is 37.3 Å². The van der Waals surface area contributed by atoms with Crippen molar-refractivity contribution in [2.75, 3.05) is 11.9 Å². The van der Waals surface area contributed by atoms with Crippen molar-refractivity contribution in [3.63, 3.8) is 0 Å². The number of hydrogen-bond donors (Lipinski definition) is 2. The number of aromatic nitrogens is 4. The van der Waals surface area contributed by atoms with E-state index < -0.39 is 0 Å². The van der Waals surface area contributed by atoms with Crippen LogP contribution in [0.1, 0.15) is 31.5 Å². The maximum atomic E-state index is 9.63. The van der Waals surface area contributed by atoms with E-state index in [0.717, 1.165) is 35.2 Å². The smallest absolute Gasteiger partial charge is 0.226 e. The lowest BCUT2D eigenvalue weighted by Gasteiger charge is -2.31. The molecule has 1 aliphatic rings. The molecule has 0 amide bonds. The minimum absolute atomic E-state index is 0.213. The highest BCUT2D eigenvalue weighted by molar-refractivity contribution is 5.92. The van der Waals surface area contributed by atoms with E-state index in [1.807, 2.05) is 31.2 Å². The molecule has 23 heavy (non-hydrogen) atoms. The first-order valence-corrected chi connectivity index (χ1v) is 8.26. The van der Waals surface area contributed by atoms with Gasteiger partial charge in [0.25, 0.3) is 0 Å².